The van der Waals surface area contributed by atoms with E-state index in [-0.39, 0.29) is 0 Å². The molecule has 1 atom stereocenters. The molecule has 0 spiro atoms. The average Bonchev–Trinajstić information content (AvgIpc) is 2.55. The first-order valence-electron chi connectivity index (χ1n) is 5.17. The van der Waals surface area contributed by atoms with Crippen molar-refractivity contribution in [2.75, 3.05) is 12.3 Å². The van der Waals surface area contributed by atoms with Gasteiger partial charge in [0.05, 0.1) is 0 Å². The third-order valence-electron chi connectivity index (χ3n) is 2.79. The summed E-state index contributed by atoms with van der Waals surface area (Å²) in [5.74, 6) is 1.34. The third-order valence-corrected chi connectivity index (χ3v) is 4.47. The molecule has 1 unspecified atom stereocenters. The van der Waals surface area contributed by atoms with Gasteiger partial charge in [-0.2, -0.15) is 11.8 Å². The maximum absolute atomic E-state index is 5.83. The molecule has 12 heavy (non-hydrogen) atoms. The van der Waals surface area contributed by atoms with E-state index in [1.165, 1.54) is 44.3 Å². The lowest BCUT2D eigenvalue weighted by Gasteiger charge is -2.25. The van der Waals surface area contributed by atoms with E-state index in [9.17, 15) is 0 Å². The Bertz CT molecular complexity index is 119. The molecule has 1 aliphatic rings. The van der Waals surface area contributed by atoms with Gasteiger partial charge in [0.15, 0.2) is 0 Å². The fourth-order valence-electron chi connectivity index (χ4n) is 1.91. The van der Waals surface area contributed by atoms with Crippen LogP contribution in [0.25, 0.3) is 0 Å². The zero-order valence-electron chi connectivity index (χ0n) is 8.14. The number of hydrogen-bond donors (Lipinski definition) is 1. The van der Waals surface area contributed by atoms with E-state index < -0.39 is 0 Å². The van der Waals surface area contributed by atoms with Crippen molar-refractivity contribution in [3.63, 3.8) is 0 Å². The Hall–Kier alpha value is 0.310. The van der Waals surface area contributed by atoms with E-state index in [2.05, 4.69) is 18.7 Å². The molecule has 1 aliphatic heterocycles. The number of nitrogens with two attached hydrogens (primary N) is 1. The van der Waals surface area contributed by atoms with Crippen LogP contribution in [0.4, 0.5) is 0 Å². The highest BCUT2D eigenvalue weighted by Crippen LogP contribution is 2.41. The summed E-state index contributed by atoms with van der Waals surface area (Å²) in [6, 6.07) is 0. The van der Waals surface area contributed by atoms with Gasteiger partial charge in [-0.3, -0.25) is 0 Å². The summed E-state index contributed by atoms with van der Waals surface area (Å²) in [4.78, 5) is 0. The Balaban J connectivity index is 2.24. The van der Waals surface area contributed by atoms with Crippen molar-refractivity contribution in [2.45, 2.75) is 50.2 Å². The molecule has 0 aromatic rings. The molecule has 0 radical (unpaired) electrons. The van der Waals surface area contributed by atoms with Crippen molar-refractivity contribution in [3.8, 4) is 0 Å². The summed E-state index contributed by atoms with van der Waals surface area (Å²) in [5.41, 5.74) is 5.83. The van der Waals surface area contributed by atoms with E-state index in [1.807, 2.05) is 0 Å². The summed E-state index contributed by atoms with van der Waals surface area (Å²) < 4.78 is 0.481. The highest BCUT2D eigenvalue weighted by molar-refractivity contribution is 8.00. The van der Waals surface area contributed by atoms with Gasteiger partial charge in [0, 0.05) is 11.3 Å². The number of thioether (sulfide) groups is 1. The summed E-state index contributed by atoms with van der Waals surface area (Å²) >= 11 is 2.12. The summed E-state index contributed by atoms with van der Waals surface area (Å²) in [5, 5.41) is 0. The predicted molar refractivity (Wildman–Crippen MR) is 57.6 cm³/mol. The molecule has 0 aromatic heterocycles. The van der Waals surface area contributed by atoms with Crippen LogP contribution in [0.2, 0.25) is 0 Å². The molecule has 1 rings (SSSR count). The Morgan fingerprint density at radius 1 is 1.42 bits per heavy atom. The number of rotatable bonds is 5. The number of hydrogen-bond acceptors (Lipinski definition) is 2. The molecular weight excluding hydrogens is 166 g/mol. The maximum atomic E-state index is 5.83. The lowest BCUT2D eigenvalue weighted by Crippen LogP contribution is -2.31. The first kappa shape index (κ1) is 10.4. The third kappa shape index (κ3) is 2.67. The molecule has 2 heteroatoms. The van der Waals surface area contributed by atoms with Crippen molar-refractivity contribution in [1.29, 1.82) is 0 Å². The van der Waals surface area contributed by atoms with E-state index in [0.717, 1.165) is 6.54 Å². The zero-order valence-corrected chi connectivity index (χ0v) is 8.96. The van der Waals surface area contributed by atoms with Gasteiger partial charge in [0.25, 0.3) is 0 Å². The molecule has 0 aromatic carbocycles. The van der Waals surface area contributed by atoms with Crippen molar-refractivity contribution >= 4 is 11.8 Å². The quantitative estimate of drug-likeness (QED) is 0.670. The van der Waals surface area contributed by atoms with E-state index >= 15 is 0 Å². The van der Waals surface area contributed by atoms with Crippen molar-refractivity contribution in [1.82, 2.24) is 0 Å². The molecule has 72 valence electrons. The first-order valence-corrected chi connectivity index (χ1v) is 6.15. The molecule has 1 nitrogen and oxygen atoms in total. The Labute approximate surface area is 80.5 Å². The molecular formula is C10H21NS. The van der Waals surface area contributed by atoms with Gasteiger partial charge in [0.2, 0.25) is 0 Å². The molecule has 0 aliphatic carbocycles. The second kappa shape index (κ2) is 5.13. The van der Waals surface area contributed by atoms with Gasteiger partial charge in [-0.25, -0.2) is 0 Å². The van der Waals surface area contributed by atoms with Crippen LogP contribution in [0.3, 0.4) is 0 Å². The standard InChI is InChI=1S/C10H21NS/c1-2-3-4-6-10(9-11)7-5-8-12-10/h2-9,11H2,1H3. The lowest BCUT2D eigenvalue weighted by molar-refractivity contribution is 0.495. The van der Waals surface area contributed by atoms with Crippen LogP contribution in [-0.4, -0.2) is 17.0 Å². The first-order chi connectivity index (χ1) is 5.83. The highest BCUT2D eigenvalue weighted by atomic mass is 32.2. The lowest BCUT2D eigenvalue weighted by atomic mass is 9.96. The molecule has 1 saturated heterocycles. The Kier molecular flexibility index (Phi) is 4.44. The molecule has 0 saturated carbocycles. The maximum Gasteiger partial charge on any atom is 0.0282 e. The van der Waals surface area contributed by atoms with Crippen LogP contribution in [0.15, 0.2) is 0 Å². The fraction of sp³-hybridized carbons (Fsp3) is 1.00. The van der Waals surface area contributed by atoms with Crippen LogP contribution in [0.1, 0.15) is 45.4 Å². The SMILES string of the molecule is CCCCCC1(CN)CCCS1. The van der Waals surface area contributed by atoms with E-state index in [1.54, 1.807) is 0 Å². The minimum Gasteiger partial charge on any atom is -0.329 e. The summed E-state index contributed by atoms with van der Waals surface area (Å²) in [7, 11) is 0. The van der Waals surface area contributed by atoms with Crippen LogP contribution < -0.4 is 5.73 Å². The van der Waals surface area contributed by atoms with Crippen LogP contribution in [-0.2, 0) is 0 Å². The summed E-state index contributed by atoms with van der Waals surface area (Å²) in [6.45, 7) is 3.15. The highest BCUT2D eigenvalue weighted by Gasteiger charge is 2.32. The van der Waals surface area contributed by atoms with Crippen molar-refractivity contribution in [2.24, 2.45) is 5.73 Å². The smallest absolute Gasteiger partial charge is 0.0282 e. The van der Waals surface area contributed by atoms with Gasteiger partial charge >= 0.3 is 0 Å². The fourth-order valence-corrected chi connectivity index (χ4v) is 3.33. The predicted octanol–water partition coefficient (Wildman–Crippen LogP) is 2.79. The molecule has 0 amide bonds. The van der Waals surface area contributed by atoms with Crippen molar-refractivity contribution < 1.29 is 0 Å². The van der Waals surface area contributed by atoms with Crippen LogP contribution >= 0.6 is 11.8 Å². The topological polar surface area (TPSA) is 26.0 Å². The minimum atomic E-state index is 0.481. The van der Waals surface area contributed by atoms with Gasteiger partial charge < -0.3 is 5.73 Å². The minimum absolute atomic E-state index is 0.481. The molecule has 1 fully saturated rings. The Morgan fingerprint density at radius 2 is 2.25 bits per heavy atom. The van der Waals surface area contributed by atoms with Gasteiger partial charge in [-0.15, -0.1) is 0 Å². The second-order valence-electron chi connectivity index (χ2n) is 3.80. The Morgan fingerprint density at radius 3 is 2.75 bits per heavy atom. The molecule has 0 bridgehead atoms. The average molecular weight is 187 g/mol. The second-order valence-corrected chi connectivity index (χ2v) is 5.36. The summed E-state index contributed by atoms with van der Waals surface area (Å²) in [6.07, 6.45) is 8.17. The molecule has 2 N–H and O–H groups in total. The number of unbranched alkanes of at least 4 members (excludes halogenated alkanes) is 2. The van der Waals surface area contributed by atoms with Gasteiger partial charge in [0.1, 0.15) is 0 Å². The van der Waals surface area contributed by atoms with Crippen molar-refractivity contribution in [3.05, 3.63) is 0 Å². The van der Waals surface area contributed by atoms with E-state index in [4.69, 9.17) is 5.73 Å². The van der Waals surface area contributed by atoms with E-state index in [0.29, 0.717) is 4.75 Å². The zero-order chi connectivity index (χ0) is 8.86. The normalized spacial score (nSPS) is 29.5. The van der Waals surface area contributed by atoms with Gasteiger partial charge in [-0.05, 0) is 25.0 Å². The van der Waals surface area contributed by atoms with Crippen LogP contribution in [0.5, 0.6) is 0 Å². The van der Waals surface area contributed by atoms with Gasteiger partial charge in [-0.1, -0.05) is 26.2 Å². The molecule has 1 heterocycles. The van der Waals surface area contributed by atoms with Crippen LogP contribution in [0, 0.1) is 0 Å². The largest absolute Gasteiger partial charge is 0.329 e. The monoisotopic (exact) mass is 187 g/mol.